The van der Waals surface area contributed by atoms with Crippen molar-refractivity contribution in [3.63, 3.8) is 0 Å². The van der Waals surface area contributed by atoms with Crippen LogP contribution in [0.25, 0.3) is 0 Å². The zero-order valence-electron chi connectivity index (χ0n) is 7.80. The second-order valence-electron chi connectivity index (χ2n) is 3.61. The summed E-state index contributed by atoms with van der Waals surface area (Å²) < 4.78 is 9.53. The van der Waals surface area contributed by atoms with Crippen molar-refractivity contribution in [3.8, 4) is 0 Å². The van der Waals surface area contributed by atoms with Crippen LogP contribution in [0.1, 0.15) is 13.8 Å². The fourth-order valence-electron chi connectivity index (χ4n) is 0.899. The molecule has 3 N–H and O–H groups in total. The van der Waals surface area contributed by atoms with Gasteiger partial charge in [-0.1, -0.05) is 13.8 Å². The van der Waals surface area contributed by atoms with Crippen molar-refractivity contribution < 1.29 is 24.8 Å². The minimum Gasteiger partial charge on any atom is -0.384 e. The van der Waals surface area contributed by atoms with Gasteiger partial charge in [-0.3, -0.25) is 0 Å². The SMILES string of the molecule is CC(C)C(O)C(O)(O)OCC1CO1. The number of hydrogen-bond donors (Lipinski definition) is 3. The van der Waals surface area contributed by atoms with Crippen LogP contribution in [0.3, 0.4) is 0 Å². The van der Waals surface area contributed by atoms with E-state index in [0.717, 1.165) is 0 Å². The number of epoxide rings is 1. The van der Waals surface area contributed by atoms with E-state index in [4.69, 9.17) is 9.47 Å². The Hall–Kier alpha value is -0.200. The standard InChI is InChI=1S/C8H16O5/c1-5(2)7(9)8(10,11)13-4-6-3-12-6/h5-7,9-11H,3-4H2,1-2H3. The molecule has 0 saturated carbocycles. The number of aliphatic hydroxyl groups excluding tert-OH is 1. The van der Waals surface area contributed by atoms with Gasteiger partial charge in [0.15, 0.2) is 0 Å². The quantitative estimate of drug-likeness (QED) is 0.387. The topological polar surface area (TPSA) is 82.5 Å². The molecule has 2 atom stereocenters. The third kappa shape index (κ3) is 3.21. The molecule has 1 saturated heterocycles. The molecule has 0 aromatic carbocycles. The Kier molecular flexibility index (Phi) is 3.26. The minimum atomic E-state index is -2.47. The molecule has 0 radical (unpaired) electrons. The Labute approximate surface area is 76.9 Å². The van der Waals surface area contributed by atoms with Crippen molar-refractivity contribution in [3.05, 3.63) is 0 Å². The van der Waals surface area contributed by atoms with Crippen molar-refractivity contribution in [2.45, 2.75) is 32.0 Å². The van der Waals surface area contributed by atoms with Crippen molar-refractivity contribution in [1.82, 2.24) is 0 Å². The summed E-state index contributed by atoms with van der Waals surface area (Å²) in [6.45, 7) is 4.01. The third-order valence-corrected chi connectivity index (χ3v) is 1.90. The molecular formula is C8H16O5. The van der Waals surface area contributed by atoms with Crippen LogP contribution in [0.5, 0.6) is 0 Å². The third-order valence-electron chi connectivity index (χ3n) is 1.90. The van der Waals surface area contributed by atoms with Crippen LogP contribution in [0.4, 0.5) is 0 Å². The van der Waals surface area contributed by atoms with Crippen LogP contribution >= 0.6 is 0 Å². The van der Waals surface area contributed by atoms with Crippen molar-refractivity contribution >= 4 is 0 Å². The van der Waals surface area contributed by atoms with Crippen LogP contribution in [-0.4, -0.2) is 46.7 Å². The summed E-state index contributed by atoms with van der Waals surface area (Å²) in [5.74, 6) is -2.75. The van der Waals surface area contributed by atoms with Gasteiger partial charge in [0.1, 0.15) is 12.2 Å². The first kappa shape index (κ1) is 10.9. The molecule has 13 heavy (non-hydrogen) atoms. The lowest BCUT2D eigenvalue weighted by atomic mass is 10.1. The Balaban J connectivity index is 2.32. The van der Waals surface area contributed by atoms with E-state index in [1.165, 1.54) is 0 Å². The zero-order valence-corrected chi connectivity index (χ0v) is 7.80. The molecule has 1 heterocycles. The Morgan fingerprint density at radius 3 is 2.46 bits per heavy atom. The van der Waals surface area contributed by atoms with Crippen molar-refractivity contribution in [2.24, 2.45) is 5.92 Å². The molecule has 5 heteroatoms. The summed E-state index contributed by atoms with van der Waals surface area (Å²) in [6, 6.07) is 0. The lowest BCUT2D eigenvalue weighted by molar-refractivity contribution is -0.382. The molecule has 0 amide bonds. The molecule has 78 valence electrons. The molecule has 0 aromatic rings. The number of hydrogen-bond acceptors (Lipinski definition) is 5. The molecule has 1 fully saturated rings. The first-order valence-corrected chi connectivity index (χ1v) is 4.32. The number of aliphatic hydroxyl groups is 3. The average Bonchev–Trinajstić information content (AvgIpc) is 2.82. The second kappa shape index (κ2) is 3.89. The number of ether oxygens (including phenoxy) is 2. The minimum absolute atomic E-state index is 0.0574. The summed E-state index contributed by atoms with van der Waals surface area (Å²) in [5.41, 5.74) is 0. The second-order valence-corrected chi connectivity index (χ2v) is 3.61. The van der Waals surface area contributed by atoms with Gasteiger partial charge in [-0.05, 0) is 5.92 Å². The molecule has 1 rings (SSSR count). The Morgan fingerprint density at radius 2 is 2.08 bits per heavy atom. The maximum Gasteiger partial charge on any atom is 0.305 e. The van der Waals surface area contributed by atoms with Crippen molar-refractivity contribution in [1.29, 1.82) is 0 Å². The van der Waals surface area contributed by atoms with Crippen LogP contribution in [-0.2, 0) is 9.47 Å². The van der Waals surface area contributed by atoms with E-state index in [1.807, 2.05) is 0 Å². The Morgan fingerprint density at radius 1 is 1.54 bits per heavy atom. The van der Waals surface area contributed by atoms with Gasteiger partial charge in [-0.25, -0.2) is 0 Å². The highest BCUT2D eigenvalue weighted by Gasteiger charge is 2.38. The summed E-state index contributed by atoms with van der Waals surface area (Å²) in [5, 5.41) is 27.8. The molecule has 1 aliphatic rings. The summed E-state index contributed by atoms with van der Waals surface area (Å²) in [6.07, 6.45) is -1.37. The lowest BCUT2D eigenvalue weighted by Gasteiger charge is -2.29. The summed E-state index contributed by atoms with van der Waals surface area (Å²) >= 11 is 0. The van der Waals surface area contributed by atoms with Crippen LogP contribution in [0.15, 0.2) is 0 Å². The van der Waals surface area contributed by atoms with Crippen LogP contribution < -0.4 is 0 Å². The molecule has 1 aliphatic heterocycles. The maximum absolute atomic E-state index is 9.32. The van der Waals surface area contributed by atoms with Crippen molar-refractivity contribution in [2.75, 3.05) is 13.2 Å². The van der Waals surface area contributed by atoms with Gasteiger partial charge in [0.05, 0.1) is 13.2 Å². The van der Waals surface area contributed by atoms with Gasteiger partial charge in [0.2, 0.25) is 0 Å². The van der Waals surface area contributed by atoms with E-state index >= 15 is 0 Å². The van der Waals surface area contributed by atoms with E-state index in [9.17, 15) is 15.3 Å². The molecule has 0 aromatic heterocycles. The van der Waals surface area contributed by atoms with Crippen LogP contribution in [0, 0.1) is 5.92 Å². The maximum atomic E-state index is 9.32. The molecule has 0 bridgehead atoms. The van der Waals surface area contributed by atoms with E-state index in [0.29, 0.717) is 6.61 Å². The van der Waals surface area contributed by atoms with Crippen LogP contribution in [0.2, 0.25) is 0 Å². The van der Waals surface area contributed by atoms with Gasteiger partial charge in [0.25, 0.3) is 0 Å². The van der Waals surface area contributed by atoms with Gasteiger partial charge in [0, 0.05) is 0 Å². The first-order valence-electron chi connectivity index (χ1n) is 4.32. The van der Waals surface area contributed by atoms with E-state index in [-0.39, 0.29) is 18.6 Å². The molecule has 5 nitrogen and oxygen atoms in total. The lowest BCUT2D eigenvalue weighted by Crippen LogP contribution is -2.48. The normalized spacial score (nSPS) is 24.9. The molecule has 0 spiro atoms. The summed E-state index contributed by atoms with van der Waals surface area (Å²) in [7, 11) is 0. The van der Waals surface area contributed by atoms with E-state index in [2.05, 4.69) is 0 Å². The fourth-order valence-corrected chi connectivity index (χ4v) is 0.899. The average molecular weight is 192 g/mol. The highest BCUT2D eigenvalue weighted by Crippen LogP contribution is 2.19. The van der Waals surface area contributed by atoms with Gasteiger partial charge >= 0.3 is 5.97 Å². The first-order chi connectivity index (χ1) is 5.93. The highest BCUT2D eigenvalue weighted by molar-refractivity contribution is 4.73. The predicted molar refractivity (Wildman–Crippen MR) is 43.7 cm³/mol. The largest absolute Gasteiger partial charge is 0.384 e. The van der Waals surface area contributed by atoms with E-state index in [1.54, 1.807) is 13.8 Å². The smallest absolute Gasteiger partial charge is 0.305 e. The zero-order chi connectivity index (χ0) is 10.1. The predicted octanol–water partition coefficient (Wildman–Crippen LogP) is -0.943. The Bertz CT molecular complexity index is 164. The highest BCUT2D eigenvalue weighted by atomic mass is 16.8. The monoisotopic (exact) mass is 192 g/mol. The molecule has 2 unspecified atom stereocenters. The fraction of sp³-hybridized carbons (Fsp3) is 1.00. The molecule has 0 aliphatic carbocycles. The van der Waals surface area contributed by atoms with E-state index < -0.39 is 12.1 Å². The van der Waals surface area contributed by atoms with Gasteiger partial charge in [-0.15, -0.1) is 0 Å². The molecular weight excluding hydrogens is 176 g/mol. The number of rotatable bonds is 5. The van der Waals surface area contributed by atoms with Gasteiger partial charge in [-0.2, -0.15) is 0 Å². The summed E-state index contributed by atoms with van der Waals surface area (Å²) in [4.78, 5) is 0. The van der Waals surface area contributed by atoms with Gasteiger partial charge < -0.3 is 24.8 Å².